The zero-order valence-corrected chi connectivity index (χ0v) is 21.6. The number of anilines is 1. The molecule has 3 aromatic carbocycles. The predicted octanol–water partition coefficient (Wildman–Crippen LogP) is 6.71. The van der Waals surface area contributed by atoms with Crippen LogP contribution >= 0.6 is 23.2 Å². The second kappa shape index (κ2) is 8.87. The Morgan fingerprint density at radius 1 is 1.11 bits per heavy atom. The van der Waals surface area contributed by atoms with Crippen LogP contribution in [0.1, 0.15) is 46.8 Å². The molecule has 1 amide bonds. The Bertz CT molecular complexity index is 1540. The van der Waals surface area contributed by atoms with Crippen LogP contribution in [0.2, 0.25) is 10.0 Å². The molecule has 3 heterocycles. The number of benzene rings is 3. The van der Waals surface area contributed by atoms with Gasteiger partial charge < -0.3 is 9.47 Å². The van der Waals surface area contributed by atoms with Crippen LogP contribution in [0.3, 0.4) is 0 Å². The van der Waals surface area contributed by atoms with Crippen molar-refractivity contribution in [3.8, 4) is 11.4 Å². The van der Waals surface area contributed by atoms with Crippen LogP contribution in [0.15, 0.2) is 66.7 Å². The number of hydrogen-bond donors (Lipinski definition) is 0. The number of amides is 1. The summed E-state index contributed by atoms with van der Waals surface area (Å²) in [5, 5.41) is 5.34. The molecule has 188 valence electrons. The van der Waals surface area contributed by atoms with E-state index in [1.165, 1.54) is 12.1 Å². The predicted molar refractivity (Wildman–Crippen MR) is 140 cm³/mol. The van der Waals surface area contributed by atoms with E-state index in [1.807, 2.05) is 43.3 Å². The molecule has 1 aromatic heterocycles. The second-order valence-corrected chi connectivity index (χ2v) is 9.91. The van der Waals surface area contributed by atoms with Gasteiger partial charge in [0, 0.05) is 22.7 Å². The van der Waals surface area contributed by atoms with Crippen molar-refractivity contribution in [3.63, 3.8) is 0 Å². The third kappa shape index (κ3) is 3.49. The van der Waals surface area contributed by atoms with Crippen LogP contribution in [-0.4, -0.2) is 29.4 Å². The molecule has 0 aliphatic carbocycles. The van der Waals surface area contributed by atoms with Gasteiger partial charge in [0.05, 0.1) is 30.5 Å². The van der Waals surface area contributed by atoms with E-state index >= 15 is 0 Å². The maximum absolute atomic E-state index is 14.2. The first kappa shape index (κ1) is 24.0. The van der Waals surface area contributed by atoms with Gasteiger partial charge in [0.1, 0.15) is 22.8 Å². The van der Waals surface area contributed by atoms with E-state index < -0.39 is 11.4 Å². The van der Waals surface area contributed by atoms with Crippen molar-refractivity contribution in [2.24, 2.45) is 0 Å². The van der Waals surface area contributed by atoms with E-state index in [0.717, 1.165) is 16.8 Å². The van der Waals surface area contributed by atoms with Crippen molar-refractivity contribution in [1.29, 1.82) is 0 Å². The van der Waals surface area contributed by atoms with E-state index in [4.69, 9.17) is 37.8 Å². The molecule has 0 spiro atoms. The first-order valence-electron chi connectivity index (χ1n) is 11.8. The van der Waals surface area contributed by atoms with Gasteiger partial charge in [-0.2, -0.15) is 5.10 Å². The third-order valence-electron chi connectivity index (χ3n) is 7.14. The van der Waals surface area contributed by atoms with E-state index in [9.17, 15) is 9.18 Å². The van der Waals surface area contributed by atoms with Gasteiger partial charge in [-0.1, -0.05) is 47.5 Å². The van der Waals surface area contributed by atoms with Crippen LogP contribution in [-0.2, 0) is 10.3 Å². The van der Waals surface area contributed by atoms with Crippen LogP contribution in [0.5, 0.6) is 5.75 Å². The van der Waals surface area contributed by atoms with Crippen LogP contribution in [0.25, 0.3) is 5.69 Å². The summed E-state index contributed by atoms with van der Waals surface area (Å²) in [5.74, 6) is -0.255. The van der Waals surface area contributed by atoms with Crippen molar-refractivity contribution < 1.29 is 18.7 Å². The average molecular weight is 538 g/mol. The second-order valence-electron chi connectivity index (χ2n) is 9.06. The molecule has 9 heteroatoms. The van der Waals surface area contributed by atoms with Gasteiger partial charge in [-0.3, -0.25) is 9.69 Å². The molecule has 6 nitrogen and oxygen atoms in total. The summed E-state index contributed by atoms with van der Waals surface area (Å²) in [5.41, 5.74) is 2.80. The molecule has 6 rings (SSSR count). The number of para-hydroxylation sites is 2. The quantitative estimate of drug-likeness (QED) is 0.290. The van der Waals surface area contributed by atoms with Gasteiger partial charge in [-0.05, 0) is 55.0 Å². The van der Waals surface area contributed by atoms with E-state index in [-0.39, 0.29) is 17.0 Å². The van der Waals surface area contributed by atoms with E-state index in [1.54, 1.807) is 34.9 Å². The van der Waals surface area contributed by atoms with Crippen molar-refractivity contribution in [2.45, 2.75) is 25.0 Å². The van der Waals surface area contributed by atoms with Gasteiger partial charge in [0.25, 0.3) is 5.91 Å². The standard InChI is InChI=1S/C28H22Cl2FN3O3/c1-16-26-24-25(32-34(26)22-5-3-4-6-23(22)36-2)27(35)33(19-11-12-21(31)20(30)15-19)28(24,13-14-37-16)17-7-9-18(29)10-8-17/h3-12,15-16H,13-14H2,1-2H3. The Morgan fingerprint density at radius 2 is 1.86 bits per heavy atom. The fourth-order valence-corrected chi connectivity index (χ4v) is 5.85. The molecule has 0 radical (unpaired) electrons. The molecule has 0 saturated carbocycles. The van der Waals surface area contributed by atoms with Gasteiger partial charge in [0.2, 0.25) is 0 Å². The minimum absolute atomic E-state index is 0.0707. The zero-order valence-electron chi connectivity index (χ0n) is 20.0. The lowest BCUT2D eigenvalue weighted by Crippen LogP contribution is -2.46. The highest BCUT2D eigenvalue weighted by Crippen LogP contribution is 2.54. The SMILES string of the molecule is COc1ccccc1-n1nc2c3c1C(C)OCCC3(c1ccc(Cl)cc1)N(c1ccc(F)c(Cl)c1)C2=O. The number of rotatable bonds is 4. The molecule has 2 aliphatic heterocycles. The number of aromatic nitrogens is 2. The largest absolute Gasteiger partial charge is 0.494 e. The molecular weight excluding hydrogens is 516 g/mol. The minimum atomic E-state index is -0.988. The summed E-state index contributed by atoms with van der Waals surface area (Å²) in [4.78, 5) is 15.9. The topological polar surface area (TPSA) is 56.6 Å². The first-order valence-corrected chi connectivity index (χ1v) is 12.6. The monoisotopic (exact) mass is 537 g/mol. The lowest BCUT2D eigenvalue weighted by atomic mass is 9.80. The Morgan fingerprint density at radius 3 is 2.59 bits per heavy atom. The third-order valence-corrected chi connectivity index (χ3v) is 7.68. The number of methoxy groups -OCH3 is 1. The summed E-state index contributed by atoms with van der Waals surface area (Å²) in [6.07, 6.45) is 0.0667. The fourth-order valence-electron chi connectivity index (χ4n) is 5.55. The van der Waals surface area contributed by atoms with Gasteiger partial charge in [-0.15, -0.1) is 0 Å². The number of carbonyl (C=O) groups excluding carboxylic acids is 1. The van der Waals surface area contributed by atoms with Gasteiger partial charge in [0.15, 0.2) is 5.69 Å². The van der Waals surface area contributed by atoms with Crippen molar-refractivity contribution in [3.05, 3.63) is 105 Å². The number of carbonyl (C=O) groups is 1. The van der Waals surface area contributed by atoms with Gasteiger partial charge in [-0.25, -0.2) is 9.07 Å². The molecule has 4 aromatic rings. The summed E-state index contributed by atoms with van der Waals surface area (Å²) in [7, 11) is 1.59. The maximum Gasteiger partial charge on any atom is 0.280 e. The number of halogens is 3. The number of hydrogen-bond acceptors (Lipinski definition) is 4. The summed E-state index contributed by atoms with van der Waals surface area (Å²) < 4.78 is 27.8. The Balaban J connectivity index is 1.69. The molecule has 2 aliphatic rings. The Labute approximate surface area is 223 Å². The fraction of sp³-hybridized carbons (Fsp3) is 0.214. The highest BCUT2D eigenvalue weighted by molar-refractivity contribution is 6.31. The van der Waals surface area contributed by atoms with Crippen LogP contribution in [0.4, 0.5) is 10.1 Å². The lowest BCUT2D eigenvalue weighted by Gasteiger charge is -2.39. The van der Waals surface area contributed by atoms with Crippen molar-refractivity contribution >= 4 is 34.8 Å². The molecule has 2 unspecified atom stereocenters. The number of ether oxygens (including phenoxy) is 2. The van der Waals surface area contributed by atoms with Crippen molar-refractivity contribution in [1.82, 2.24) is 9.78 Å². The Hall–Kier alpha value is -3.39. The smallest absolute Gasteiger partial charge is 0.280 e. The van der Waals surface area contributed by atoms with Crippen LogP contribution in [0, 0.1) is 5.82 Å². The molecule has 0 fully saturated rings. The molecule has 0 N–H and O–H groups in total. The van der Waals surface area contributed by atoms with E-state index in [2.05, 4.69) is 0 Å². The summed E-state index contributed by atoms with van der Waals surface area (Å²) >= 11 is 12.4. The number of nitrogens with zero attached hydrogens (tertiary/aromatic N) is 3. The summed E-state index contributed by atoms with van der Waals surface area (Å²) in [6.45, 7) is 2.31. The normalized spacial score (nSPS) is 20.6. The lowest BCUT2D eigenvalue weighted by molar-refractivity contribution is 0.0600. The Kier molecular flexibility index (Phi) is 5.75. The highest BCUT2D eigenvalue weighted by atomic mass is 35.5. The first-order chi connectivity index (χ1) is 17.9. The average Bonchev–Trinajstić information content (AvgIpc) is 3.35. The van der Waals surface area contributed by atoms with Gasteiger partial charge >= 0.3 is 0 Å². The van der Waals surface area contributed by atoms with E-state index in [0.29, 0.717) is 40.9 Å². The summed E-state index contributed by atoms with van der Waals surface area (Å²) in [6, 6.07) is 19.2. The molecule has 37 heavy (non-hydrogen) atoms. The van der Waals surface area contributed by atoms with Crippen molar-refractivity contribution in [2.75, 3.05) is 18.6 Å². The molecule has 0 bridgehead atoms. The molecular formula is C28H22Cl2FN3O3. The maximum atomic E-state index is 14.2. The zero-order chi connectivity index (χ0) is 25.9. The minimum Gasteiger partial charge on any atom is -0.494 e. The molecule has 2 atom stereocenters. The molecule has 0 saturated heterocycles. The van der Waals surface area contributed by atoms with Crippen LogP contribution < -0.4 is 9.64 Å². The highest BCUT2D eigenvalue weighted by Gasteiger charge is 2.57.